The highest BCUT2D eigenvalue weighted by Gasteiger charge is 2.17. The highest BCUT2D eigenvalue weighted by molar-refractivity contribution is 6.31. The summed E-state index contributed by atoms with van der Waals surface area (Å²) >= 11 is 5.77. The second-order valence-electron chi connectivity index (χ2n) is 3.63. The fourth-order valence-corrected chi connectivity index (χ4v) is 1.55. The second kappa shape index (κ2) is 5.01. The van der Waals surface area contributed by atoms with E-state index in [0.29, 0.717) is 10.8 Å². The van der Waals surface area contributed by atoms with Crippen LogP contribution in [0.2, 0.25) is 5.02 Å². The van der Waals surface area contributed by atoms with E-state index in [1.165, 1.54) is 18.2 Å². The molecule has 0 aliphatic rings. The van der Waals surface area contributed by atoms with E-state index < -0.39 is 11.9 Å². The Morgan fingerprint density at radius 3 is 3.00 bits per heavy atom. The van der Waals surface area contributed by atoms with Gasteiger partial charge in [-0.3, -0.25) is 4.79 Å². The van der Waals surface area contributed by atoms with Crippen molar-refractivity contribution in [1.29, 1.82) is 0 Å². The number of aromatic nitrogens is 4. The number of amides is 1. The summed E-state index contributed by atoms with van der Waals surface area (Å²) in [5.74, 6) is -0.255. The number of carbonyl (C=O) groups is 1. The van der Waals surface area contributed by atoms with Crippen LogP contribution in [0.4, 0.5) is 0 Å². The van der Waals surface area contributed by atoms with Crippen LogP contribution >= 0.6 is 11.6 Å². The number of benzene rings is 1. The number of tetrazole rings is 1. The summed E-state index contributed by atoms with van der Waals surface area (Å²) in [5, 5.41) is 25.8. The van der Waals surface area contributed by atoms with E-state index in [4.69, 9.17) is 11.6 Å². The molecule has 2 rings (SSSR count). The molecular formula is C10H10ClN5O2. The number of carbonyl (C=O) groups excluding carboxylic acids is 1. The molecule has 0 saturated heterocycles. The minimum atomic E-state index is -0.465. The molecule has 1 heterocycles. The molecule has 94 valence electrons. The molecule has 1 atom stereocenters. The van der Waals surface area contributed by atoms with Crippen LogP contribution in [0.15, 0.2) is 18.2 Å². The summed E-state index contributed by atoms with van der Waals surface area (Å²) in [6, 6.07) is 3.80. The summed E-state index contributed by atoms with van der Waals surface area (Å²) in [7, 11) is 0. The summed E-state index contributed by atoms with van der Waals surface area (Å²) in [4.78, 5) is 11.9. The topological polar surface area (TPSA) is 104 Å². The summed E-state index contributed by atoms with van der Waals surface area (Å²) in [5.41, 5.74) is 0.0952. The van der Waals surface area contributed by atoms with Crippen LogP contribution in [0, 0.1) is 0 Å². The average Bonchev–Trinajstić information content (AvgIpc) is 2.85. The summed E-state index contributed by atoms with van der Waals surface area (Å²) in [6.45, 7) is 1.70. The first-order valence-electron chi connectivity index (χ1n) is 5.10. The molecular weight excluding hydrogens is 258 g/mol. The van der Waals surface area contributed by atoms with Crippen molar-refractivity contribution in [3.05, 3.63) is 34.6 Å². The van der Waals surface area contributed by atoms with Gasteiger partial charge in [-0.25, -0.2) is 0 Å². The third-order valence-electron chi connectivity index (χ3n) is 2.30. The predicted molar refractivity (Wildman–Crippen MR) is 63.2 cm³/mol. The second-order valence-corrected chi connectivity index (χ2v) is 4.06. The standard InChI is InChI=1S/C10H10ClN5O2/c1-5(9-13-15-16-14-9)12-10(18)7-4-6(11)2-3-8(7)17/h2-5,17H,1H3,(H,12,18)(H,13,14,15,16). The van der Waals surface area contributed by atoms with Crippen molar-refractivity contribution in [2.75, 3.05) is 0 Å². The average molecular weight is 268 g/mol. The molecule has 1 aromatic carbocycles. The number of hydrogen-bond donors (Lipinski definition) is 3. The van der Waals surface area contributed by atoms with Crippen LogP contribution in [0.5, 0.6) is 5.75 Å². The van der Waals surface area contributed by atoms with E-state index in [0.717, 1.165) is 0 Å². The minimum absolute atomic E-state index is 0.0952. The van der Waals surface area contributed by atoms with E-state index in [9.17, 15) is 9.90 Å². The van der Waals surface area contributed by atoms with Crippen molar-refractivity contribution in [2.24, 2.45) is 0 Å². The van der Waals surface area contributed by atoms with E-state index in [1.54, 1.807) is 6.92 Å². The Bertz CT molecular complexity index is 557. The lowest BCUT2D eigenvalue weighted by atomic mass is 10.1. The molecule has 0 radical (unpaired) electrons. The van der Waals surface area contributed by atoms with Gasteiger partial charge < -0.3 is 10.4 Å². The largest absolute Gasteiger partial charge is 0.507 e. The zero-order valence-corrected chi connectivity index (χ0v) is 10.1. The Hall–Kier alpha value is -2.15. The number of phenols is 1. The van der Waals surface area contributed by atoms with Crippen molar-refractivity contribution in [3.8, 4) is 5.75 Å². The normalized spacial score (nSPS) is 12.1. The van der Waals surface area contributed by atoms with Crippen LogP contribution in [-0.4, -0.2) is 31.6 Å². The van der Waals surface area contributed by atoms with Gasteiger partial charge in [0.2, 0.25) is 0 Å². The Kier molecular flexibility index (Phi) is 3.42. The summed E-state index contributed by atoms with van der Waals surface area (Å²) in [6.07, 6.45) is 0. The molecule has 0 aliphatic heterocycles. The number of nitrogens with zero attached hydrogens (tertiary/aromatic N) is 3. The number of phenolic OH excluding ortho intramolecular Hbond substituents is 1. The van der Waals surface area contributed by atoms with Crippen molar-refractivity contribution >= 4 is 17.5 Å². The lowest BCUT2D eigenvalue weighted by Crippen LogP contribution is -2.27. The van der Waals surface area contributed by atoms with Gasteiger partial charge in [0.15, 0.2) is 5.82 Å². The number of aromatic hydroxyl groups is 1. The number of H-pyrrole nitrogens is 1. The molecule has 8 heteroatoms. The van der Waals surface area contributed by atoms with Crippen molar-refractivity contribution in [3.63, 3.8) is 0 Å². The van der Waals surface area contributed by atoms with Crippen LogP contribution in [0.3, 0.4) is 0 Å². The lowest BCUT2D eigenvalue weighted by Gasteiger charge is -2.11. The molecule has 1 aromatic heterocycles. The number of halogens is 1. The van der Waals surface area contributed by atoms with Crippen molar-refractivity contribution < 1.29 is 9.90 Å². The molecule has 0 aliphatic carbocycles. The molecule has 2 aromatic rings. The van der Waals surface area contributed by atoms with Crippen LogP contribution in [0.25, 0.3) is 0 Å². The third-order valence-corrected chi connectivity index (χ3v) is 2.53. The molecule has 7 nitrogen and oxygen atoms in total. The van der Waals surface area contributed by atoms with E-state index >= 15 is 0 Å². The Labute approximate surface area is 107 Å². The molecule has 3 N–H and O–H groups in total. The molecule has 1 amide bonds. The fraction of sp³-hybridized carbons (Fsp3) is 0.200. The smallest absolute Gasteiger partial charge is 0.255 e. The zero-order valence-electron chi connectivity index (χ0n) is 9.38. The van der Waals surface area contributed by atoms with Gasteiger partial charge in [-0.05, 0) is 25.1 Å². The monoisotopic (exact) mass is 267 g/mol. The number of hydrogen-bond acceptors (Lipinski definition) is 5. The molecule has 18 heavy (non-hydrogen) atoms. The quantitative estimate of drug-likeness (QED) is 0.771. The van der Waals surface area contributed by atoms with Gasteiger partial charge in [0.1, 0.15) is 5.75 Å². The number of nitrogens with one attached hydrogen (secondary N) is 2. The van der Waals surface area contributed by atoms with Gasteiger partial charge >= 0.3 is 0 Å². The lowest BCUT2D eigenvalue weighted by molar-refractivity contribution is 0.0935. The molecule has 0 fully saturated rings. The van der Waals surface area contributed by atoms with Gasteiger partial charge in [-0.15, -0.1) is 10.2 Å². The maximum Gasteiger partial charge on any atom is 0.255 e. The van der Waals surface area contributed by atoms with E-state index in [2.05, 4.69) is 25.9 Å². The molecule has 0 spiro atoms. The van der Waals surface area contributed by atoms with E-state index in [1.807, 2.05) is 0 Å². The van der Waals surface area contributed by atoms with Gasteiger partial charge in [0.25, 0.3) is 5.91 Å². The van der Waals surface area contributed by atoms with Crippen LogP contribution < -0.4 is 5.32 Å². The Balaban J connectivity index is 2.15. The first-order chi connectivity index (χ1) is 8.58. The molecule has 0 saturated carbocycles. The van der Waals surface area contributed by atoms with Gasteiger partial charge in [-0.2, -0.15) is 5.21 Å². The van der Waals surface area contributed by atoms with E-state index in [-0.39, 0.29) is 11.3 Å². The highest BCUT2D eigenvalue weighted by atomic mass is 35.5. The Morgan fingerprint density at radius 2 is 2.33 bits per heavy atom. The van der Waals surface area contributed by atoms with Crippen LogP contribution in [-0.2, 0) is 0 Å². The highest BCUT2D eigenvalue weighted by Crippen LogP contribution is 2.21. The summed E-state index contributed by atoms with van der Waals surface area (Å²) < 4.78 is 0. The zero-order chi connectivity index (χ0) is 13.1. The number of aromatic amines is 1. The first kappa shape index (κ1) is 12.3. The SMILES string of the molecule is CC(NC(=O)c1cc(Cl)ccc1O)c1nn[nH]n1. The van der Waals surface area contributed by atoms with Crippen molar-refractivity contribution in [1.82, 2.24) is 25.9 Å². The van der Waals surface area contributed by atoms with Crippen LogP contribution in [0.1, 0.15) is 29.1 Å². The minimum Gasteiger partial charge on any atom is -0.507 e. The third kappa shape index (κ3) is 2.57. The molecule has 0 bridgehead atoms. The van der Waals surface area contributed by atoms with Gasteiger partial charge in [0, 0.05) is 5.02 Å². The predicted octanol–water partition coefficient (Wildman–Crippen LogP) is 1.05. The number of rotatable bonds is 3. The Morgan fingerprint density at radius 1 is 1.56 bits per heavy atom. The molecule has 1 unspecified atom stereocenters. The maximum atomic E-state index is 11.9. The van der Waals surface area contributed by atoms with Crippen molar-refractivity contribution in [2.45, 2.75) is 13.0 Å². The first-order valence-corrected chi connectivity index (χ1v) is 5.48. The van der Waals surface area contributed by atoms with Gasteiger partial charge in [0.05, 0.1) is 11.6 Å². The maximum absolute atomic E-state index is 11.9. The van der Waals surface area contributed by atoms with Gasteiger partial charge in [-0.1, -0.05) is 16.8 Å². The fourth-order valence-electron chi connectivity index (χ4n) is 1.38.